The first-order valence-electron chi connectivity index (χ1n) is 9.74. The predicted octanol–water partition coefficient (Wildman–Crippen LogP) is 1.23. The van der Waals surface area contributed by atoms with Gasteiger partial charge >= 0.3 is 12.1 Å². The van der Waals surface area contributed by atoms with Crippen molar-refractivity contribution in [3.05, 3.63) is 59.7 Å². The van der Waals surface area contributed by atoms with Crippen molar-refractivity contribution in [2.45, 2.75) is 18.9 Å². The third-order valence-electron chi connectivity index (χ3n) is 4.93. The summed E-state index contributed by atoms with van der Waals surface area (Å²) in [6, 6.07) is 14.8. The molecule has 4 N–H and O–H groups in total. The minimum absolute atomic E-state index is 0.0908. The zero-order chi connectivity index (χ0) is 22.4. The summed E-state index contributed by atoms with van der Waals surface area (Å²) in [5, 5.41) is 15.6. The normalized spacial score (nSPS) is 12.8. The Kier molecular flexibility index (Phi) is 6.86. The van der Waals surface area contributed by atoms with Gasteiger partial charge in [0.25, 0.3) is 0 Å². The SMILES string of the molecule is C[C@H](NC(=O)CNC(=O)CNC(=O)OCC1c2ccccc2-c2ccccc21)C(=O)O. The summed E-state index contributed by atoms with van der Waals surface area (Å²) >= 11 is 0. The standard InChI is InChI=1S/C22H23N3O6/c1-13(21(28)29)25-20(27)11-23-19(26)10-24-22(30)31-12-18-16-8-4-2-6-14(16)15-7-3-5-9-17(15)18/h2-9,13,18H,10-12H2,1H3,(H,23,26)(H,24,30)(H,25,27)(H,28,29)/t13-/m0/s1. The van der Waals surface area contributed by atoms with Gasteiger partial charge in [-0.25, -0.2) is 4.79 Å². The Bertz CT molecular complexity index is 961. The fraction of sp³-hybridized carbons (Fsp3) is 0.273. The maximum atomic E-state index is 12.0. The van der Waals surface area contributed by atoms with Gasteiger partial charge in [0, 0.05) is 5.92 Å². The van der Waals surface area contributed by atoms with Crippen LogP contribution in [0.2, 0.25) is 0 Å². The molecule has 0 radical (unpaired) electrons. The average Bonchev–Trinajstić information content (AvgIpc) is 3.08. The fourth-order valence-electron chi connectivity index (χ4n) is 3.40. The highest BCUT2D eigenvalue weighted by molar-refractivity contribution is 5.89. The summed E-state index contributed by atoms with van der Waals surface area (Å²) in [5.74, 6) is -2.53. The Hall–Kier alpha value is -3.88. The van der Waals surface area contributed by atoms with E-state index in [4.69, 9.17) is 9.84 Å². The Balaban J connectivity index is 1.44. The number of hydrogen-bond donors (Lipinski definition) is 4. The van der Waals surface area contributed by atoms with Crippen molar-refractivity contribution in [3.63, 3.8) is 0 Å². The number of ether oxygens (including phenoxy) is 1. The molecule has 3 amide bonds. The Morgan fingerprint density at radius 1 is 0.903 bits per heavy atom. The van der Waals surface area contributed by atoms with Crippen LogP contribution in [0.5, 0.6) is 0 Å². The summed E-state index contributed by atoms with van der Waals surface area (Å²) in [4.78, 5) is 46.0. The maximum Gasteiger partial charge on any atom is 0.407 e. The van der Waals surface area contributed by atoms with Gasteiger partial charge in [-0.2, -0.15) is 0 Å². The van der Waals surface area contributed by atoms with E-state index in [2.05, 4.69) is 16.0 Å². The van der Waals surface area contributed by atoms with Crippen LogP contribution in [-0.2, 0) is 19.1 Å². The monoisotopic (exact) mass is 425 g/mol. The van der Waals surface area contributed by atoms with E-state index in [0.29, 0.717) is 0 Å². The summed E-state index contributed by atoms with van der Waals surface area (Å²) in [5.41, 5.74) is 4.38. The largest absolute Gasteiger partial charge is 0.480 e. The van der Waals surface area contributed by atoms with Crippen molar-refractivity contribution in [2.24, 2.45) is 0 Å². The zero-order valence-corrected chi connectivity index (χ0v) is 16.9. The van der Waals surface area contributed by atoms with E-state index >= 15 is 0 Å². The van der Waals surface area contributed by atoms with Crippen molar-refractivity contribution in [2.75, 3.05) is 19.7 Å². The maximum absolute atomic E-state index is 12.0. The summed E-state index contributed by atoms with van der Waals surface area (Å²) < 4.78 is 5.32. The minimum atomic E-state index is -1.18. The van der Waals surface area contributed by atoms with E-state index in [1.807, 2.05) is 48.5 Å². The number of alkyl carbamates (subject to hydrolysis) is 1. The number of carboxylic acids is 1. The molecule has 0 fully saturated rings. The van der Waals surface area contributed by atoms with Crippen LogP contribution in [0.15, 0.2) is 48.5 Å². The number of carbonyl (C=O) groups is 4. The third kappa shape index (κ3) is 5.39. The second-order valence-corrected chi connectivity index (χ2v) is 7.08. The van der Waals surface area contributed by atoms with E-state index < -0.39 is 36.5 Å². The topological polar surface area (TPSA) is 134 Å². The number of aliphatic carboxylic acids is 1. The highest BCUT2D eigenvalue weighted by Gasteiger charge is 2.29. The van der Waals surface area contributed by atoms with Crippen molar-refractivity contribution in [1.82, 2.24) is 16.0 Å². The van der Waals surface area contributed by atoms with Crippen LogP contribution in [0, 0.1) is 0 Å². The molecule has 2 aromatic carbocycles. The van der Waals surface area contributed by atoms with Crippen molar-refractivity contribution in [3.8, 4) is 11.1 Å². The van der Waals surface area contributed by atoms with Crippen LogP contribution in [0.1, 0.15) is 24.0 Å². The number of carboxylic acid groups (broad SMARTS) is 1. The molecule has 1 aliphatic carbocycles. The molecule has 0 saturated carbocycles. The lowest BCUT2D eigenvalue weighted by atomic mass is 9.98. The molecule has 0 spiro atoms. The Labute approximate surface area is 178 Å². The molecule has 162 valence electrons. The van der Waals surface area contributed by atoms with Gasteiger partial charge < -0.3 is 25.8 Å². The zero-order valence-electron chi connectivity index (χ0n) is 16.9. The van der Waals surface area contributed by atoms with E-state index in [9.17, 15) is 19.2 Å². The average molecular weight is 425 g/mol. The van der Waals surface area contributed by atoms with E-state index in [1.54, 1.807) is 0 Å². The number of benzene rings is 2. The van der Waals surface area contributed by atoms with Gasteiger partial charge in [0.15, 0.2) is 0 Å². The molecule has 0 bridgehead atoms. The highest BCUT2D eigenvalue weighted by atomic mass is 16.5. The van der Waals surface area contributed by atoms with Crippen LogP contribution in [0.25, 0.3) is 11.1 Å². The van der Waals surface area contributed by atoms with Crippen molar-refractivity contribution < 1.29 is 29.0 Å². The molecule has 0 unspecified atom stereocenters. The summed E-state index contributed by atoms with van der Waals surface area (Å²) in [6.07, 6.45) is -0.749. The quantitative estimate of drug-likeness (QED) is 0.503. The lowest BCUT2D eigenvalue weighted by molar-refractivity contribution is -0.141. The third-order valence-corrected chi connectivity index (χ3v) is 4.93. The molecular formula is C22H23N3O6. The Morgan fingerprint density at radius 2 is 1.45 bits per heavy atom. The highest BCUT2D eigenvalue weighted by Crippen LogP contribution is 2.44. The molecule has 0 saturated heterocycles. The number of carbonyl (C=O) groups excluding carboxylic acids is 3. The smallest absolute Gasteiger partial charge is 0.407 e. The van der Waals surface area contributed by atoms with E-state index in [0.717, 1.165) is 22.3 Å². The number of rotatable bonds is 8. The van der Waals surface area contributed by atoms with Crippen LogP contribution >= 0.6 is 0 Å². The van der Waals surface area contributed by atoms with Crippen LogP contribution in [0.3, 0.4) is 0 Å². The lowest BCUT2D eigenvalue weighted by Crippen LogP contribution is -2.46. The molecule has 9 heteroatoms. The van der Waals surface area contributed by atoms with Gasteiger partial charge in [-0.3, -0.25) is 14.4 Å². The molecule has 9 nitrogen and oxygen atoms in total. The van der Waals surface area contributed by atoms with E-state index in [-0.39, 0.29) is 19.1 Å². The number of hydrogen-bond acceptors (Lipinski definition) is 5. The van der Waals surface area contributed by atoms with Gasteiger partial charge in [0.05, 0.1) is 6.54 Å². The van der Waals surface area contributed by atoms with Gasteiger partial charge in [-0.05, 0) is 29.2 Å². The first-order valence-corrected chi connectivity index (χ1v) is 9.74. The second kappa shape index (κ2) is 9.75. The molecule has 2 aromatic rings. The first-order chi connectivity index (χ1) is 14.9. The lowest BCUT2D eigenvalue weighted by Gasteiger charge is -2.14. The molecule has 1 atom stereocenters. The van der Waals surface area contributed by atoms with Crippen LogP contribution in [-0.4, -0.2) is 54.7 Å². The molecular weight excluding hydrogens is 402 g/mol. The molecule has 31 heavy (non-hydrogen) atoms. The van der Waals surface area contributed by atoms with Gasteiger partial charge in [-0.1, -0.05) is 48.5 Å². The number of nitrogens with one attached hydrogen (secondary N) is 3. The fourth-order valence-corrected chi connectivity index (χ4v) is 3.40. The van der Waals surface area contributed by atoms with E-state index in [1.165, 1.54) is 6.92 Å². The molecule has 0 aromatic heterocycles. The number of fused-ring (bicyclic) bond motifs is 3. The summed E-state index contributed by atoms with van der Waals surface area (Å²) in [7, 11) is 0. The molecule has 0 aliphatic heterocycles. The van der Waals surface area contributed by atoms with Crippen LogP contribution in [0.4, 0.5) is 4.79 Å². The van der Waals surface area contributed by atoms with Crippen molar-refractivity contribution in [1.29, 1.82) is 0 Å². The predicted molar refractivity (Wildman–Crippen MR) is 111 cm³/mol. The number of amides is 3. The molecule has 1 aliphatic rings. The summed E-state index contributed by atoms with van der Waals surface area (Å²) in [6.45, 7) is 0.652. The second-order valence-electron chi connectivity index (χ2n) is 7.08. The van der Waals surface area contributed by atoms with Gasteiger partial charge in [0.2, 0.25) is 11.8 Å². The molecule has 3 rings (SSSR count). The van der Waals surface area contributed by atoms with Crippen molar-refractivity contribution >= 4 is 23.9 Å². The minimum Gasteiger partial charge on any atom is -0.480 e. The van der Waals surface area contributed by atoms with Gasteiger partial charge in [-0.15, -0.1) is 0 Å². The van der Waals surface area contributed by atoms with Gasteiger partial charge in [0.1, 0.15) is 19.2 Å². The Morgan fingerprint density at radius 3 is 2.03 bits per heavy atom. The van der Waals surface area contributed by atoms with Crippen LogP contribution < -0.4 is 16.0 Å². The first kappa shape index (κ1) is 21.8. The molecule has 0 heterocycles.